The lowest BCUT2D eigenvalue weighted by molar-refractivity contribution is -0.0140. The van der Waals surface area contributed by atoms with Crippen molar-refractivity contribution < 1.29 is 9.13 Å². The van der Waals surface area contributed by atoms with Crippen molar-refractivity contribution in [1.82, 2.24) is 14.7 Å². The zero-order valence-electron chi connectivity index (χ0n) is 19.4. The standard InChI is InChI=1S/C26H36FN3O/c1-28(2)14-5-13-26(22-7-9-23(27)10-8-22)25-11-6-20(16-21(25)19-31-26)17-30-15-12-24(18-30)29(3)4/h6-11,16,24H,5,12-15,17-19H2,1-4H3. The Morgan fingerprint density at radius 1 is 1.10 bits per heavy atom. The van der Waals surface area contributed by atoms with Crippen molar-refractivity contribution in [2.75, 3.05) is 47.8 Å². The van der Waals surface area contributed by atoms with Crippen molar-refractivity contribution >= 4 is 0 Å². The van der Waals surface area contributed by atoms with Crippen LogP contribution in [0, 0.1) is 5.82 Å². The summed E-state index contributed by atoms with van der Waals surface area (Å²) >= 11 is 0. The monoisotopic (exact) mass is 425 g/mol. The Kier molecular flexibility index (Phi) is 6.77. The van der Waals surface area contributed by atoms with Gasteiger partial charge in [-0.05, 0) is 88.4 Å². The fourth-order valence-electron chi connectivity index (χ4n) is 5.13. The number of likely N-dealkylation sites (tertiary alicyclic amines) is 1. The third-order valence-electron chi connectivity index (χ3n) is 6.91. The van der Waals surface area contributed by atoms with E-state index in [1.165, 1.54) is 23.1 Å². The Morgan fingerprint density at radius 2 is 1.87 bits per heavy atom. The highest BCUT2D eigenvalue weighted by molar-refractivity contribution is 5.45. The lowest BCUT2D eigenvalue weighted by Gasteiger charge is -2.31. The number of fused-ring (bicyclic) bond motifs is 1. The summed E-state index contributed by atoms with van der Waals surface area (Å²) in [5.74, 6) is -0.206. The lowest BCUT2D eigenvalue weighted by Crippen LogP contribution is -2.31. The molecule has 0 aliphatic carbocycles. The molecule has 5 heteroatoms. The SMILES string of the molecule is CN(C)CCCC1(c2ccc(F)cc2)OCc2cc(CN3CCC(N(C)C)C3)ccc21. The van der Waals surface area contributed by atoms with Gasteiger partial charge in [0, 0.05) is 25.7 Å². The minimum Gasteiger partial charge on any atom is -0.361 e. The smallest absolute Gasteiger partial charge is 0.123 e. The molecule has 0 amide bonds. The van der Waals surface area contributed by atoms with Crippen molar-refractivity contribution in [3.63, 3.8) is 0 Å². The van der Waals surface area contributed by atoms with Crippen LogP contribution in [0.15, 0.2) is 42.5 Å². The quantitative estimate of drug-likeness (QED) is 0.634. The Hall–Kier alpha value is -1.79. The second-order valence-electron chi connectivity index (χ2n) is 9.66. The number of rotatable bonds is 8. The summed E-state index contributed by atoms with van der Waals surface area (Å²) in [5, 5.41) is 0. The molecule has 2 unspecified atom stereocenters. The second-order valence-corrected chi connectivity index (χ2v) is 9.66. The van der Waals surface area contributed by atoms with E-state index in [9.17, 15) is 4.39 Å². The molecule has 2 heterocycles. The Labute approximate surface area is 186 Å². The molecule has 1 fully saturated rings. The molecule has 31 heavy (non-hydrogen) atoms. The van der Waals surface area contributed by atoms with Crippen LogP contribution in [0.2, 0.25) is 0 Å². The van der Waals surface area contributed by atoms with Crippen LogP contribution in [-0.4, -0.2) is 68.6 Å². The second kappa shape index (κ2) is 9.37. The van der Waals surface area contributed by atoms with E-state index in [0.29, 0.717) is 12.6 Å². The van der Waals surface area contributed by atoms with Gasteiger partial charge in [0.15, 0.2) is 0 Å². The third kappa shape index (κ3) is 4.85. The number of hydrogen-bond donors (Lipinski definition) is 0. The first-order valence-corrected chi connectivity index (χ1v) is 11.4. The summed E-state index contributed by atoms with van der Waals surface area (Å²) in [6, 6.07) is 14.4. The average Bonchev–Trinajstić information content (AvgIpc) is 3.34. The topological polar surface area (TPSA) is 19.0 Å². The summed E-state index contributed by atoms with van der Waals surface area (Å²) < 4.78 is 20.2. The molecule has 0 spiro atoms. The van der Waals surface area contributed by atoms with Crippen molar-refractivity contribution in [1.29, 1.82) is 0 Å². The summed E-state index contributed by atoms with van der Waals surface area (Å²) in [6.07, 6.45) is 3.14. The Bertz CT molecular complexity index is 883. The average molecular weight is 426 g/mol. The normalized spacial score (nSPS) is 23.8. The van der Waals surface area contributed by atoms with Crippen LogP contribution < -0.4 is 0 Å². The first kappa shape index (κ1) is 22.4. The van der Waals surface area contributed by atoms with E-state index in [2.05, 4.69) is 61.1 Å². The molecule has 2 aliphatic rings. The van der Waals surface area contributed by atoms with Crippen molar-refractivity contribution in [3.05, 3.63) is 70.5 Å². The van der Waals surface area contributed by atoms with Gasteiger partial charge in [-0.1, -0.05) is 30.3 Å². The maximum atomic E-state index is 13.6. The number of ether oxygens (including phenoxy) is 1. The molecule has 2 aromatic rings. The van der Waals surface area contributed by atoms with Gasteiger partial charge in [-0.15, -0.1) is 0 Å². The first-order valence-electron chi connectivity index (χ1n) is 11.4. The molecule has 1 saturated heterocycles. The van der Waals surface area contributed by atoms with E-state index < -0.39 is 5.60 Å². The molecule has 168 valence electrons. The van der Waals surface area contributed by atoms with Crippen LogP contribution in [0.1, 0.15) is 41.5 Å². The zero-order valence-corrected chi connectivity index (χ0v) is 19.4. The molecular weight excluding hydrogens is 389 g/mol. The van der Waals surface area contributed by atoms with Crippen LogP contribution in [0.5, 0.6) is 0 Å². The van der Waals surface area contributed by atoms with E-state index in [1.54, 1.807) is 12.1 Å². The molecule has 0 radical (unpaired) electrons. The molecule has 0 aromatic heterocycles. The van der Waals surface area contributed by atoms with Crippen LogP contribution >= 0.6 is 0 Å². The maximum absolute atomic E-state index is 13.6. The lowest BCUT2D eigenvalue weighted by atomic mass is 9.81. The van der Waals surface area contributed by atoms with Gasteiger partial charge in [-0.3, -0.25) is 4.90 Å². The molecule has 2 aromatic carbocycles. The van der Waals surface area contributed by atoms with Crippen molar-refractivity contribution in [2.24, 2.45) is 0 Å². The molecule has 0 bridgehead atoms. The number of hydrogen-bond acceptors (Lipinski definition) is 4. The Morgan fingerprint density at radius 3 is 2.55 bits per heavy atom. The van der Waals surface area contributed by atoms with E-state index in [0.717, 1.165) is 44.6 Å². The number of benzene rings is 2. The minimum absolute atomic E-state index is 0.206. The summed E-state index contributed by atoms with van der Waals surface area (Å²) in [7, 11) is 8.54. The minimum atomic E-state index is -0.485. The van der Waals surface area contributed by atoms with Crippen LogP contribution in [0.3, 0.4) is 0 Å². The highest BCUT2D eigenvalue weighted by Gasteiger charge is 2.41. The molecule has 0 saturated carbocycles. The molecule has 4 rings (SSSR count). The summed E-state index contributed by atoms with van der Waals surface area (Å²) in [4.78, 5) is 7.09. The van der Waals surface area contributed by atoms with Crippen molar-refractivity contribution in [2.45, 2.75) is 44.1 Å². The molecule has 2 aliphatic heterocycles. The largest absolute Gasteiger partial charge is 0.361 e. The summed E-state index contributed by atoms with van der Waals surface area (Å²) in [5.41, 5.74) is 4.43. The Balaban J connectivity index is 1.57. The third-order valence-corrected chi connectivity index (χ3v) is 6.91. The van der Waals surface area contributed by atoms with E-state index in [4.69, 9.17) is 4.74 Å². The molecule has 4 nitrogen and oxygen atoms in total. The van der Waals surface area contributed by atoms with Gasteiger partial charge in [0.25, 0.3) is 0 Å². The highest BCUT2D eigenvalue weighted by Crippen LogP contribution is 2.45. The van der Waals surface area contributed by atoms with Gasteiger partial charge >= 0.3 is 0 Å². The van der Waals surface area contributed by atoms with Gasteiger partial charge < -0.3 is 14.5 Å². The van der Waals surface area contributed by atoms with E-state index in [-0.39, 0.29) is 5.82 Å². The van der Waals surface area contributed by atoms with Crippen LogP contribution in [0.4, 0.5) is 4.39 Å². The fourth-order valence-corrected chi connectivity index (χ4v) is 5.13. The highest BCUT2D eigenvalue weighted by atomic mass is 19.1. The van der Waals surface area contributed by atoms with Crippen LogP contribution in [-0.2, 0) is 23.5 Å². The maximum Gasteiger partial charge on any atom is 0.123 e. The number of nitrogens with zero attached hydrogens (tertiary/aromatic N) is 3. The molecule has 2 atom stereocenters. The van der Waals surface area contributed by atoms with Gasteiger partial charge in [-0.2, -0.15) is 0 Å². The predicted octanol–water partition coefficient (Wildman–Crippen LogP) is 4.08. The number of halogens is 1. The van der Waals surface area contributed by atoms with E-state index >= 15 is 0 Å². The number of likely N-dealkylation sites (N-methyl/N-ethyl adjacent to an activating group) is 1. The zero-order chi connectivity index (χ0) is 22.0. The first-order chi connectivity index (χ1) is 14.9. The van der Waals surface area contributed by atoms with E-state index in [1.807, 2.05) is 12.1 Å². The van der Waals surface area contributed by atoms with Gasteiger partial charge in [0.1, 0.15) is 11.4 Å². The molecular formula is C26H36FN3O. The summed E-state index contributed by atoms with van der Waals surface area (Å²) in [6.45, 7) is 4.89. The predicted molar refractivity (Wildman–Crippen MR) is 124 cm³/mol. The van der Waals surface area contributed by atoms with Gasteiger partial charge in [-0.25, -0.2) is 4.39 Å². The fraction of sp³-hybridized carbons (Fsp3) is 0.538. The molecule has 0 N–H and O–H groups in total. The van der Waals surface area contributed by atoms with Crippen LogP contribution in [0.25, 0.3) is 0 Å². The van der Waals surface area contributed by atoms with Crippen molar-refractivity contribution in [3.8, 4) is 0 Å². The van der Waals surface area contributed by atoms with Gasteiger partial charge in [0.05, 0.1) is 6.61 Å². The van der Waals surface area contributed by atoms with Gasteiger partial charge in [0.2, 0.25) is 0 Å².